The first-order valence-corrected chi connectivity index (χ1v) is 6.93. The minimum atomic E-state index is 0.0591. The molecule has 1 atom stereocenters. The Morgan fingerprint density at radius 1 is 1.38 bits per heavy atom. The highest BCUT2D eigenvalue weighted by Crippen LogP contribution is 2.26. The smallest absolute Gasteiger partial charge is 0.0347 e. The molecule has 1 nitrogen and oxygen atoms in total. The Hall–Kier alpha value is -0.640. The molecule has 0 aliphatic rings. The molecular formula is C13H14BrNS. The van der Waals surface area contributed by atoms with E-state index in [1.165, 1.54) is 16.7 Å². The van der Waals surface area contributed by atoms with E-state index in [9.17, 15) is 0 Å². The summed E-state index contributed by atoms with van der Waals surface area (Å²) in [4.78, 5) is 0. The van der Waals surface area contributed by atoms with E-state index in [1.807, 2.05) is 0 Å². The van der Waals surface area contributed by atoms with Crippen LogP contribution >= 0.6 is 27.3 Å². The van der Waals surface area contributed by atoms with Crippen molar-refractivity contribution in [3.63, 3.8) is 0 Å². The van der Waals surface area contributed by atoms with Crippen molar-refractivity contribution in [2.75, 3.05) is 0 Å². The zero-order valence-electron chi connectivity index (χ0n) is 9.11. The van der Waals surface area contributed by atoms with Gasteiger partial charge in [-0.15, -0.1) is 0 Å². The highest BCUT2D eigenvalue weighted by molar-refractivity contribution is 9.10. The summed E-state index contributed by atoms with van der Waals surface area (Å²) in [6, 6.07) is 8.50. The third-order valence-corrected chi connectivity index (χ3v) is 4.04. The van der Waals surface area contributed by atoms with Crippen LogP contribution in [0.3, 0.4) is 0 Å². The molecule has 2 aromatic rings. The molecule has 0 bridgehead atoms. The Morgan fingerprint density at radius 2 is 2.19 bits per heavy atom. The van der Waals surface area contributed by atoms with Gasteiger partial charge in [0.25, 0.3) is 0 Å². The van der Waals surface area contributed by atoms with Crippen molar-refractivity contribution >= 4 is 27.3 Å². The highest BCUT2D eigenvalue weighted by Gasteiger charge is 2.11. The minimum Gasteiger partial charge on any atom is -0.324 e. The van der Waals surface area contributed by atoms with Gasteiger partial charge in [-0.25, -0.2) is 0 Å². The van der Waals surface area contributed by atoms with Crippen LogP contribution in [0, 0.1) is 6.92 Å². The predicted molar refractivity (Wildman–Crippen MR) is 73.8 cm³/mol. The van der Waals surface area contributed by atoms with Gasteiger partial charge in [-0.1, -0.05) is 33.6 Å². The lowest BCUT2D eigenvalue weighted by atomic mass is 10.00. The molecule has 1 aromatic carbocycles. The van der Waals surface area contributed by atoms with Crippen molar-refractivity contribution in [1.29, 1.82) is 0 Å². The van der Waals surface area contributed by atoms with Gasteiger partial charge in [0.2, 0.25) is 0 Å². The summed E-state index contributed by atoms with van der Waals surface area (Å²) in [7, 11) is 0. The first-order chi connectivity index (χ1) is 7.66. The summed E-state index contributed by atoms with van der Waals surface area (Å²) in [5.41, 5.74) is 9.98. The second kappa shape index (κ2) is 5.13. The quantitative estimate of drug-likeness (QED) is 0.908. The number of aryl methyl sites for hydroxylation is 1. The van der Waals surface area contributed by atoms with Crippen LogP contribution in [-0.4, -0.2) is 0 Å². The van der Waals surface area contributed by atoms with Gasteiger partial charge in [0.15, 0.2) is 0 Å². The fraction of sp³-hybridized carbons (Fsp3) is 0.231. The molecule has 0 amide bonds. The lowest BCUT2D eigenvalue weighted by molar-refractivity contribution is 0.719. The van der Waals surface area contributed by atoms with Gasteiger partial charge < -0.3 is 5.73 Å². The van der Waals surface area contributed by atoms with Crippen molar-refractivity contribution < 1.29 is 0 Å². The Kier molecular flexibility index (Phi) is 3.79. The molecule has 0 aliphatic heterocycles. The van der Waals surface area contributed by atoms with E-state index in [1.54, 1.807) is 11.3 Å². The van der Waals surface area contributed by atoms with Crippen molar-refractivity contribution in [1.82, 2.24) is 0 Å². The van der Waals surface area contributed by atoms with Gasteiger partial charge in [0, 0.05) is 10.5 Å². The molecular weight excluding hydrogens is 282 g/mol. The Labute approximate surface area is 108 Å². The maximum absolute atomic E-state index is 6.23. The van der Waals surface area contributed by atoms with Crippen molar-refractivity contribution in [3.05, 3.63) is 56.2 Å². The van der Waals surface area contributed by atoms with Gasteiger partial charge >= 0.3 is 0 Å². The monoisotopic (exact) mass is 295 g/mol. The molecule has 0 saturated heterocycles. The van der Waals surface area contributed by atoms with Crippen molar-refractivity contribution in [2.24, 2.45) is 5.73 Å². The molecule has 1 unspecified atom stereocenters. The third-order valence-electron chi connectivity index (χ3n) is 2.59. The van der Waals surface area contributed by atoms with Gasteiger partial charge in [-0.05, 0) is 47.4 Å². The highest BCUT2D eigenvalue weighted by atomic mass is 79.9. The maximum Gasteiger partial charge on any atom is 0.0347 e. The first-order valence-electron chi connectivity index (χ1n) is 5.19. The summed E-state index contributed by atoms with van der Waals surface area (Å²) < 4.78 is 1.10. The summed E-state index contributed by atoms with van der Waals surface area (Å²) in [6.07, 6.45) is 0.894. The molecule has 2 rings (SSSR count). The standard InChI is InChI=1S/C13H14BrNS/c1-9-2-3-12(14)11(6-9)13(15)7-10-4-5-16-8-10/h2-6,8,13H,7,15H2,1H3. The van der Waals surface area contributed by atoms with Gasteiger partial charge in [-0.3, -0.25) is 0 Å². The van der Waals surface area contributed by atoms with Crippen LogP contribution < -0.4 is 5.73 Å². The van der Waals surface area contributed by atoms with E-state index in [2.05, 4.69) is 57.9 Å². The number of halogens is 1. The van der Waals surface area contributed by atoms with E-state index in [0.717, 1.165) is 10.9 Å². The molecule has 84 valence electrons. The maximum atomic E-state index is 6.23. The molecule has 0 saturated carbocycles. The molecule has 2 N–H and O–H groups in total. The van der Waals surface area contributed by atoms with Crippen LogP contribution in [-0.2, 0) is 6.42 Å². The average molecular weight is 296 g/mol. The number of rotatable bonds is 3. The summed E-state index contributed by atoms with van der Waals surface area (Å²) in [6.45, 7) is 2.09. The van der Waals surface area contributed by atoms with E-state index in [0.29, 0.717) is 0 Å². The van der Waals surface area contributed by atoms with Crippen molar-refractivity contribution in [3.8, 4) is 0 Å². The number of hydrogen-bond donors (Lipinski definition) is 1. The van der Waals surface area contributed by atoms with E-state index in [4.69, 9.17) is 5.73 Å². The SMILES string of the molecule is Cc1ccc(Br)c(C(N)Cc2ccsc2)c1. The van der Waals surface area contributed by atoms with Crippen LogP contribution in [0.1, 0.15) is 22.7 Å². The molecule has 3 heteroatoms. The summed E-state index contributed by atoms with van der Waals surface area (Å²) >= 11 is 5.27. The van der Waals surface area contributed by atoms with Crippen molar-refractivity contribution in [2.45, 2.75) is 19.4 Å². The fourth-order valence-corrected chi connectivity index (χ4v) is 2.94. The fourth-order valence-electron chi connectivity index (χ4n) is 1.72. The van der Waals surface area contributed by atoms with Crippen LogP contribution in [0.4, 0.5) is 0 Å². The Bertz CT molecular complexity index is 465. The Morgan fingerprint density at radius 3 is 2.88 bits per heavy atom. The summed E-state index contributed by atoms with van der Waals surface area (Å²) in [5, 5.41) is 4.25. The second-order valence-electron chi connectivity index (χ2n) is 3.97. The van der Waals surface area contributed by atoms with Gasteiger partial charge in [-0.2, -0.15) is 11.3 Å². The third kappa shape index (κ3) is 2.73. The zero-order chi connectivity index (χ0) is 11.5. The molecule has 0 spiro atoms. The van der Waals surface area contributed by atoms with Gasteiger partial charge in [0.05, 0.1) is 0 Å². The first kappa shape index (κ1) is 11.8. The van der Waals surface area contributed by atoms with E-state index >= 15 is 0 Å². The number of nitrogens with two attached hydrogens (primary N) is 1. The molecule has 1 aromatic heterocycles. The number of thiophene rings is 1. The largest absolute Gasteiger partial charge is 0.324 e. The van der Waals surface area contributed by atoms with Gasteiger partial charge in [0.1, 0.15) is 0 Å². The molecule has 0 fully saturated rings. The van der Waals surface area contributed by atoms with E-state index in [-0.39, 0.29) is 6.04 Å². The van der Waals surface area contributed by atoms with Crippen LogP contribution in [0.2, 0.25) is 0 Å². The lowest BCUT2D eigenvalue weighted by Crippen LogP contribution is -2.13. The molecule has 16 heavy (non-hydrogen) atoms. The number of benzene rings is 1. The van der Waals surface area contributed by atoms with E-state index < -0.39 is 0 Å². The molecule has 0 aliphatic carbocycles. The van der Waals surface area contributed by atoms with Crippen LogP contribution in [0.25, 0.3) is 0 Å². The second-order valence-corrected chi connectivity index (χ2v) is 5.60. The topological polar surface area (TPSA) is 26.0 Å². The Balaban J connectivity index is 2.20. The van der Waals surface area contributed by atoms with Crippen LogP contribution in [0.15, 0.2) is 39.5 Å². The molecule has 1 heterocycles. The predicted octanol–water partition coefficient (Wildman–Crippen LogP) is 4.06. The lowest BCUT2D eigenvalue weighted by Gasteiger charge is -2.14. The summed E-state index contributed by atoms with van der Waals surface area (Å²) in [5.74, 6) is 0. The number of hydrogen-bond acceptors (Lipinski definition) is 2. The molecule has 0 radical (unpaired) electrons. The minimum absolute atomic E-state index is 0.0591. The normalized spacial score (nSPS) is 12.7. The average Bonchev–Trinajstić information content (AvgIpc) is 2.74. The zero-order valence-corrected chi connectivity index (χ0v) is 11.5. The van der Waals surface area contributed by atoms with Crippen LogP contribution in [0.5, 0.6) is 0 Å².